The van der Waals surface area contributed by atoms with Crippen LogP contribution in [0.25, 0.3) is 0 Å². The second-order valence-corrected chi connectivity index (χ2v) is 4.99. The Morgan fingerprint density at radius 3 is 3.00 bits per heavy atom. The molecule has 0 amide bonds. The first-order valence-electron chi connectivity index (χ1n) is 3.66. The molecule has 0 aromatic carbocycles. The van der Waals surface area contributed by atoms with Crippen molar-refractivity contribution >= 4 is 28.2 Å². The largest absolute Gasteiger partial charge is 0.375 e. The van der Waals surface area contributed by atoms with Gasteiger partial charge in [-0.3, -0.25) is 0 Å². The number of aromatic nitrogens is 1. The molecule has 0 saturated heterocycles. The molecule has 12 heavy (non-hydrogen) atoms. The predicted octanol–water partition coefficient (Wildman–Crippen LogP) is 2.78. The second-order valence-electron chi connectivity index (χ2n) is 2.61. The zero-order valence-corrected chi connectivity index (χ0v) is 8.84. The summed E-state index contributed by atoms with van der Waals surface area (Å²) in [7, 11) is 0. The van der Waals surface area contributed by atoms with Crippen molar-refractivity contribution in [3.05, 3.63) is 17.8 Å². The standard InChI is InChI=1S/C8H12N2S2/c1-6(2)3-4-11-7-5-10-8(9)12-7/h3,5H,4H2,1-2H3,(H2,9,10). The molecule has 0 aliphatic carbocycles. The minimum absolute atomic E-state index is 0.648. The van der Waals surface area contributed by atoms with Gasteiger partial charge in [-0.05, 0) is 13.8 Å². The van der Waals surface area contributed by atoms with Crippen LogP contribution in [0.4, 0.5) is 5.13 Å². The van der Waals surface area contributed by atoms with Gasteiger partial charge < -0.3 is 5.73 Å². The zero-order valence-electron chi connectivity index (χ0n) is 7.20. The second kappa shape index (κ2) is 4.52. The Balaban J connectivity index is 2.38. The number of thiazole rings is 1. The lowest BCUT2D eigenvalue weighted by atomic mass is 10.3. The van der Waals surface area contributed by atoms with E-state index >= 15 is 0 Å². The molecule has 0 saturated carbocycles. The fourth-order valence-corrected chi connectivity index (χ4v) is 2.45. The van der Waals surface area contributed by atoms with E-state index in [2.05, 4.69) is 24.9 Å². The maximum absolute atomic E-state index is 5.49. The highest BCUT2D eigenvalue weighted by atomic mass is 32.2. The van der Waals surface area contributed by atoms with Gasteiger partial charge in [0, 0.05) is 5.75 Å². The van der Waals surface area contributed by atoms with Crippen LogP contribution in [0.5, 0.6) is 0 Å². The van der Waals surface area contributed by atoms with Crippen LogP contribution in [0.2, 0.25) is 0 Å². The molecule has 0 radical (unpaired) electrons. The first kappa shape index (κ1) is 9.61. The average molecular weight is 200 g/mol. The summed E-state index contributed by atoms with van der Waals surface area (Å²) in [5.41, 5.74) is 6.84. The van der Waals surface area contributed by atoms with Crippen LogP contribution in [-0.2, 0) is 0 Å². The zero-order chi connectivity index (χ0) is 8.97. The maximum atomic E-state index is 5.49. The number of nitrogens with zero attached hydrogens (tertiary/aromatic N) is 1. The Morgan fingerprint density at radius 1 is 1.75 bits per heavy atom. The normalized spacial score (nSPS) is 9.83. The Kier molecular flexibility index (Phi) is 3.62. The van der Waals surface area contributed by atoms with E-state index in [4.69, 9.17) is 5.73 Å². The van der Waals surface area contributed by atoms with E-state index in [1.165, 1.54) is 21.1 Å². The highest BCUT2D eigenvalue weighted by Gasteiger charge is 1.96. The van der Waals surface area contributed by atoms with Gasteiger partial charge in [0.05, 0.1) is 10.4 Å². The lowest BCUT2D eigenvalue weighted by Crippen LogP contribution is -1.77. The van der Waals surface area contributed by atoms with Crippen molar-refractivity contribution in [1.29, 1.82) is 0 Å². The Hall–Kier alpha value is -0.480. The van der Waals surface area contributed by atoms with Gasteiger partial charge >= 0.3 is 0 Å². The van der Waals surface area contributed by atoms with Crippen molar-refractivity contribution in [2.75, 3.05) is 11.5 Å². The number of rotatable bonds is 3. The quantitative estimate of drug-likeness (QED) is 0.602. The molecule has 0 aliphatic heterocycles. The molecule has 0 fully saturated rings. The van der Waals surface area contributed by atoms with E-state index in [-0.39, 0.29) is 0 Å². The molecular formula is C8H12N2S2. The highest BCUT2D eigenvalue weighted by molar-refractivity contribution is 8.01. The third-order valence-corrected chi connectivity index (χ3v) is 3.17. The van der Waals surface area contributed by atoms with E-state index in [1.807, 2.05) is 6.20 Å². The summed E-state index contributed by atoms with van der Waals surface area (Å²) < 4.78 is 1.19. The summed E-state index contributed by atoms with van der Waals surface area (Å²) in [6, 6.07) is 0. The van der Waals surface area contributed by atoms with Gasteiger partial charge in [0.2, 0.25) is 0 Å². The molecule has 0 bridgehead atoms. The Labute approximate surface area is 80.9 Å². The minimum Gasteiger partial charge on any atom is -0.375 e. The fraction of sp³-hybridized carbons (Fsp3) is 0.375. The molecule has 2 nitrogen and oxygen atoms in total. The average Bonchev–Trinajstić information content (AvgIpc) is 2.35. The van der Waals surface area contributed by atoms with Crippen LogP contribution in [-0.4, -0.2) is 10.7 Å². The van der Waals surface area contributed by atoms with Gasteiger partial charge in [-0.25, -0.2) is 4.98 Å². The van der Waals surface area contributed by atoms with Crippen molar-refractivity contribution < 1.29 is 0 Å². The lowest BCUT2D eigenvalue weighted by molar-refractivity contribution is 1.36. The highest BCUT2D eigenvalue weighted by Crippen LogP contribution is 2.26. The molecule has 0 unspecified atom stereocenters. The summed E-state index contributed by atoms with van der Waals surface area (Å²) in [6.45, 7) is 4.20. The number of thioether (sulfide) groups is 1. The molecule has 66 valence electrons. The SMILES string of the molecule is CC(C)=CCSc1cnc(N)s1. The van der Waals surface area contributed by atoms with Crippen LogP contribution in [0.15, 0.2) is 22.1 Å². The molecule has 1 aromatic heterocycles. The van der Waals surface area contributed by atoms with Crippen LogP contribution >= 0.6 is 23.1 Å². The van der Waals surface area contributed by atoms with Crippen molar-refractivity contribution in [2.45, 2.75) is 18.1 Å². The van der Waals surface area contributed by atoms with Gasteiger partial charge in [0.1, 0.15) is 0 Å². The van der Waals surface area contributed by atoms with Crippen molar-refractivity contribution in [1.82, 2.24) is 4.98 Å². The van der Waals surface area contributed by atoms with Crippen molar-refractivity contribution in [3.63, 3.8) is 0 Å². The van der Waals surface area contributed by atoms with Crippen molar-refractivity contribution in [3.8, 4) is 0 Å². The lowest BCUT2D eigenvalue weighted by Gasteiger charge is -1.91. The molecule has 1 heterocycles. The van der Waals surface area contributed by atoms with Crippen LogP contribution in [0.1, 0.15) is 13.8 Å². The topological polar surface area (TPSA) is 38.9 Å². The van der Waals surface area contributed by atoms with Crippen LogP contribution < -0.4 is 5.73 Å². The Bertz CT molecular complexity index is 274. The molecule has 1 aromatic rings. The van der Waals surface area contributed by atoms with Gasteiger partial charge in [-0.15, -0.1) is 11.8 Å². The van der Waals surface area contributed by atoms with E-state index in [1.54, 1.807) is 11.8 Å². The van der Waals surface area contributed by atoms with E-state index < -0.39 is 0 Å². The van der Waals surface area contributed by atoms with E-state index in [0.29, 0.717) is 5.13 Å². The molecule has 0 atom stereocenters. The Morgan fingerprint density at radius 2 is 2.50 bits per heavy atom. The molecule has 4 heteroatoms. The van der Waals surface area contributed by atoms with Gasteiger partial charge in [0.15, 0.2) is 5.13 Å². The number of allylic oxidation sites excluding steroid dienone is 1. The number of hydrogen-bond acceptors (Lipinski definition) is 4. The van der Waals surface area contributed by atoms with Crippen LogP contribution in [0, 0.1) is 0 Å². The summed E-state index contributed by atoms with van der Waals surface area (Å²) in [5.74, 6) is 1.00. The fourth-order valence-electron chi connectivity index (χ4n) is 0.629. The van der Waals surface area contributed by atoms with E-state index in [9.17, 15) is 0 Å². The first-order chi connectivity index (χ1) is 5.68. The van der Waals surface area contributed by atoms with Gasteiger partial charge in [-0.1, -0.05) is 23.0 Å². The summed E-state index contributed by atoms with van der Waals surface area (Å²) in [5, 5.41) is 0.648. The third kappa shape index (κ3) is 3.28. The summed E-state index contributed by atoms with van der Waals surface area (Å²) >= 11 is 3.31. The monoisotopic (exact) mass is 200 g/mol. The molecular weight excluding hydrogens is 188 g/mol. The van der Waals surface area contributed by atoms with Gasteiger partial charge in [-0.2, -0.15) is 0 Å². The molecule has 1 rings (SSSR count). The number of nitrogen functional groups attached to an aromatic ring is 1. The minimum atomic E-state index is 0.648. The summed E-state index contributed by atoms with van der Waals surface area (Å²) in [6.07, 6.45) is 4.02. The van der Waals surface area contributed by atoms with Crippen LogP contribution in [0.3, 0.4) is 0 Å². The van der Waals surface area contributed by atoms with E-state index in [0.717, 1.165) is 5.75 Å². The summed E-state index contributed by atoms with van der Waals surface area (Å²) in [4.78, 5) is 3.97. The smallest absolute Gasteiger partial charge is 0.181 e. The van der Waals surface area contributed by atoms with Crippen molar-refractivity contribution in [2.24, 2.45) is 0 Å². The number of anilines is 1. The number of nitrogens with two attached hydrogens (primary N) is 1. The molecule has 0 spiro atoms. The molecule has 0 aliphatic rings. The van der Waals surface area contributed by atoms with Gasteiger partial charge in [0.25, 0.3) is 0 Å². The third-order valence-electron chi connectivity index (χ3n) is 1.22. The predicted molar refractivity (Wildman–Crippen MR) is 56.7 cm³/mol. The molecule has 2 N–H and O–H groups in total. The maximum Gasteiger partial charge on any atom is 0.181 e. The number of hydrogen-bond donors (Lipinski definition) is 1. The first-order valence-corrected chi connectivity index (χ1v) is 5.46.